The monoisotopic (exact) mass is 387 g/mol. The van der Waals surface area contributed by atoms with Gasteiger partial charge in [0.15, 0.2) is 0 Å². The molecule has 1 aliphatic heterocycles. The van der Waals surface area contributed by atoms with Gasteiger partial charge in [-0.15, -0.1) is 0 Å². The number of hydrogen-bond acceptors (Lipinski definition) is 3. The van der Waals surface area contributed by atoms with Crippen molar-refractivity contribution in [2.45, 2.75) is 30.7 Å². The normalized spacial score (nSPS) is 20.6. The molecule has 1 saturated carbocycles. The van der Waals surface area contributed by atoms with Gasteiger partial charge >= 0.3 is 12.3 Å². The van der Waals surface area contributed by atoms with Gasteiger partial charge in [0.1, 0.15) is 11.6 Å². The molecule has 2 aliphatic rings. The summed E-state index contributed by atoms with van der Waals surface area (Å²) in [7, 11) is 0. The molecule has 2 amide bonds. The first-order chi connectivity index (χ1) is 13.3. The molecule has 0 aromatic heterocycles. The van der Waals surface area contributed by atoms with Crippen LogP contribution in [0.15, 0.2) is 60.7 Å². The van der Waals surface area contributed by atoms with Gasteiger partial charge in [0.2, 0.25) is 0 Å². The second kappa shape index (κ2) is 6.51. The molecule has 28 heavy (non-hydrogen) atoms. The minimum Gasteiger partial charge on any atom is -0.440 e. The minimum atomic E-state index is -4.54. The summed E-state index contributed by atoms with van der Waals surface area (Å²) in [5.74, 6) is -0.709. The predicted octanol–water partition coefficient (Wildman–Crippen LogP) is 4.97. The number of rotatable bonds is 3. The number of imide groups is 1. The quantitative estimate of drug-likeness (QED) is 0.699. The number of ether oxygens (including phenoxy) is 1. The first-order valence-corrected chi connectivity index (χ1v) is 8.77. The molecule has 1 atom stereocenters. The van der Waals surface area contributed by atoms with Crippen LogP contribution in [0.4, 0.5) is 18.0 Å². The highest BCUT2D eigenvalue weighted by molar-refractivity contribution is 6.02. The summed E-state index contributed by atoms with van der Waals surface area (Å²) >= 11 is 0. The molecule has 1 spiro atoms. The van der Waals surface area contributed by atoms with Crippen LogP contribution in [-0.4, -0.2) is 22.5 Å². The van der Waals surface area contributed by atoms with Crippen LogP contribution in [0.2, 0.25) is 0 Å². The highest BCUT2D eigenvalue weighted by atomic mass is 19.4. The molecule has 0 N–H and O–H groups in total. The van der Waals surface area contributed by atoms with Crippen molar-refractivity contribution in [2.24, 2.45) is 0 Å². The maximum atomic E-state index is 13.1. The third kappa shape index (κ3) is 3.17. The zero-order valence-corrected chi connectivity index (χ0v) is 14.6. The topological polar surface area (TPSA) is 46.6 Å². The van der Waals surface area contributed by atoms with Gasteiger partial charge in [-0.3, -0.25) is 4.79 Å². The maximum absolute atomic E-state index is 13.1. The van der Waals surface area contributed by atoms with Crippen molar-refractivity contribution in [3.63, 3.8) is 0 Å². The van der Waals surface area contributed by atoms with Crippen molar-refractivity contribution in [2.75, 3.05) is 0 Å². The minimum absolute atomic E-state index is 0.145. The summed E-state index contributed by atoms with van der Waals surface area (Å²) in [4.78, 5) is 26.1. The van der Waals surface area contributed by atoms with E-state index in [0.29, 0.717) is 12.8 Å². The number of hydrogen-bond donors (Lipinski definition) is 0. The van der Waals surface area contributed by atoms with Crippen LogP contribution in [0.25, 0.3) is 6.08 Å². The Bertz CT molecular complexity index is 949. The summed E-state index contributed by atoms with van der Waals surface area (Å²) in [6, 6.07) is 13.4. The largest absolute Gasteiger partial charge is 0.440 e. The van der Waals surface area contributed by atoms with Gasteiger partial charge in [-0.25, -0.2) is 9.69 Å². The van der Waals surface area contributed by atoms with Gasteiger partial charge < -0.3 is 4.74 Å². The second-order valence-electron chi connectivity index (χ2n) is 6.87. The molecule has 2 fully saturated rings. The van der Waals surface area contributed by atoms with Crippen molar-refractivity contribution in [1.82, 2.24) is 4.90 Å². The Morgan fingerprint density at radius 2 is 1.71 bits per heavy atom. The molecular formula is C21H16F3NO3. The third-order valence-electron chi connectivity index (χ3n) is 5.01. The van der Waals surface area contributed by atoms with Crippen LogP contribution in [-0.2, 0) is 15.7 Å². The average Bonchev–Trinajstić information content (AvgIpc) is 3.36. The van der Waals surface area contributed by atoms with Gasteiger partial charge in [-0.2, -0.15) is 13.2 Å². The van der Waals surface area contributed by atoms with Gasteiger partial charge in [0.25, 0.3) is 5.91 Å². The average molecular weight is 387 g/mol. The lowest BCUT2D eigenvalue weighted by Crippen LogP contribution is -2.34. The molecule has 0 radical (unpaired) electrons. The summed E-state index contributed by atoms with van der Waals surface area (Å²) in [5, 5.41) is 0. The van der Waals surface area contributed by atoms with Gasteiger partial charge in [-0.05, 0) is 36.1 Å². The lowest BCUT2D eigenvalue weighted by atomic mass is 9.99. The summed E-state index contributed by atoms with van der Waals surface area (Å²) in [6.45, 7) is 0. The van der Waals surface area contributed by atoms with E-state index in [1.807, 2.05) is 6.07 Å². The van der Waals surface area contributed by atoms with Gasteiger partial charge in [-0.1, -0.05) is 48.5 Å². The number of alkyl halides is 3. The first kappa shape index (κ1) is 18.3. The van der Waals surface area contributed by atoms with Crippen molar-refractivity contribution in [3.05, 3.63) is 77.4 Å². The van der Waals surface area contributed by atoms with Crippen LogP contribution >= 0.6 is 0 Å². The molecule has 1 heterocycles. The van der Waals surface area contributed by atoms with Crippen molar-refractivity contribution >= 4 is 18.1 Å². The number of benzene rings is 2. The standard InChI is InChI=1S/C21H16F3NO3/c22-21(23,24)16-9-5-4-6-14(16)10-11-17(26)25-18(15-7-2-1-3-8-15)20(12-13-20)28-19(25)27/h1-11,18H,12-13H2/b11-10+. The Morgan fingerprint density at radius 1 is 1.07 bits per heavy atom. The zero-order valence-electron chi connectivity index (χ0n) is 14.6. The SMILES string of the molecule is O=C(/C=C/c1ccccc1C(F)(F)F)N1C(=O)OC2(CC2)C1c1ccccc1. The highest BCUT2D eigenvalue weighted by Crippen LogP contribution is 2.56. The summed E-state index contributed by atoms with van der Waals surface area (Å²) in [5.41, 5.74) is -0.968. The molecule has 1 saturated heterocycles. The van der Waals surface area contributed by atoms with E-state index in [-0.39, 0.29) is 5.56 Å². The fraction of sp³-hybridized carbons (Fsp3) is 0.238. The van der Waals surface area contributed by atoms with Crippen molar-refractivity contribution < 1.29 is 27.5 Å². The smallest absolute Gasteiger partial charge is 0.418 e. The van der Waals surface area contributed by atoms with Crippen LogP contribution in [0.1, 0.15) is 35.6 Å². The Kier molecular flexibility index (Phi) is 4.25. The molecule has 7 heteroatoms. The molecule has 4 nitrogen and oxygen atoms in total. The van der Waals surface area contributed by atoms with E-state index < -0.39 is 35.4 Å². The van der Waals surface area contributed by atoms with Crippen molar-refractivity contribution in [1.29, 1.82) is 0 Å². The molecule has 2 aromatic rings. The Hall–Kier alpha value is -3.09. The Labute approximate surface area is 159 Å². The fourth-order valence-corrected chi connectivity index (χ4v) is 3.57. The van der Waals surface area contributed by atoms with Crippen LogP contribution in [0, 0.1) is 0 Å². The third-order valence-corrected chi connectivity index (χ3v) is 5.01. The molecule has 2 aromatic carbocycles. The number of halogens is 3. The lowest BCUT2D eigenvalue weighted by Gasteiger charge is -2.22. The van der Waals surface area contributed by atoms with Crippen LogP contribution < -0.4 is 0 Å². The number of amides is 2. The van der Waals surface area contributed by atoms with E-state index in [9.17, 15) is 22.8 Å². The van der Waals surface area contributed by atoms with Crippen LogP contribution in [0.5, 0.6) is 0 Å². The van der Waals surface area contributed by atoms with E-state index in [1.165, 1.54) is 18.2 Å². The molecule has 0 bridgehead atoms. The number of nitrogens with zero attached hydrogens (tertiary/aromatic N) is 1. The molecule has 1 unspecified atom stereocenters. The van der Waals surface area contributed by atoms with E-state index in [1.54, 1.807) is 24.3 Å². The molecule has 4 rings (SSSR count). The molecule has 144 valence electrons. The highest BCUT2D eigenvalue weighted by Gasteiger charge is 2.63. The fourth-order valence-electron chi connectivity index (χ4n) is 3.57. The van der Waals surface area contributed by atoms with Crippen molar-refractivity contribution in [3.8, 4) is 0 Å². The molecule has 1 aliphatic carbocycles. The van der Waals surface area contributed by atoms with E-state index in [0.717, 1.165) is 28.7 Å². The zero-order chi connectivity index (χ0) is 19.9. The number of carbonyl (C=O) groups excluding carboxylic acids is 2. The lowest BCUT2D eigenvalue weighted by molar-refractivity contribution is -0.137. The predicted molar refractivity (Wildman–Crippen MR) is 95.0 cm³/mol. The maximum Gasteiger partial charge on any atom is 0.418 e. The van der Waals surface area contributed by atoms with E-state index in [2.05, 4.69) is 0 Å². The summed E-state index contributed by atoms with van der Waals surface area (Å²) in [6.07, 6.45) is -1.96. The first-order valence-electron chi connectivity index (χ1n) is 8.77. The second-order valence-corrected chi connectivity index (χ2v) is 6.87. The van der Waals surface area contributed by atoms with E-state index >= 15 is 0 Å². The van der Waals surface area contributed by atoms with Gasteiger partial charge in [0, 0.05) is 6.08 Å². The molecular weight excluding hydrogens is 371 g/mol. The van der Waals surface area contributed by atoms with Crippen LogP contribution in [0.3, 0.4) is 0 Å². The van der Waals surface area contributed by atoms with E-state index in [4.69, 9.17) is 4.74 Å². The Balaban J connectivity index is 1.64. The van der Waals surface area contributed by atoms with Gasteiger partial charge in [0.05, 0.1) is 5.56 Å². The number of carbonyl (C=O) groups is 2. The summed E-state index contributed by atoms with van der Waals surface area (Å²) < 4.78 is 44.8. The Morgan fingerprint density at radius 3 is 2.36 bits per heavy atom.